The van der Waals surface area contributed by atoms with Gasteiger partial charge in [0.2, 0.25) is 0 Å². The van der Waals surface area contributed by atoms with Crippen molar-refractivity contribution in [3.8, 4) is 33.4 Å². The molecule has 2 aliphatic carbocycles. The average Bonchev–Trinajstić information content (AvgIpc) is 3.20. The van der Waals surface area contributed by atoms with Crippen LogP contribution in [0.3, 0.4) is 0 Å². The molecule has 28 heavy (non-hydrogen) atoms. The van der Waals surface area contributed by atoms with Crippen LogP contribution in [0, 0.1) is 0 Å². The third-order valence-electron chi connectivity index (χ3n) is 6.70. The van der Waals surface area contributed by atoms with Gasteiger partial charge in [-0.25, -0.2) is 0 Å². The molecule has 0 fully saturated rings. The molecule has 0 saturated heterocycles. The monoisotopic (exact) mass is 358 g/mol. The summed E-state index contributed by atoms with van der Waals surface area (Å²) in [5.41, 5.74) is 14.1. The smallest absolute Gasteiger partial charge is 0.0158 e. The number of benzene rings is 4. The number of rotatable bonds is 1. The zero-order chi connectivity index (χ0) is 18.9. The van der Waals surface area contributed by atoms with E-state index in [4.69, 9.17) is 0 Å². The maximum Gasteiger partial charge on any atom is 0.0158 e. The second kappa shape index (κ2) is 5.45. The molecule has 0 heteroatoms. The Kier molecular flexibility index (Phi) is 3.09. The molecule has 0 saturated carbocycles. The van der Waals surface area contributed by atoms with Gasteiger partial charge in [0, 0.05) is 5.41 Å². The molecule has 0 unspecified atom stereocenters. The summed E-state index contributed by atoms with van der Waals surface area (Å²) in [5.74, 6) is 0. The fraction of sp³-hybridized carbons (Fsp3) is 0.143. The molecule has 0 radical (unpaired) electrons. The van der Waals surface area contributed by atoms with Gasteiger partial charge in [0.15, 0.2) is 0 Å². The molecular formula is C28H22. The van der Waals surface area contributed by atoms with Crippen LogP contribution in [0.25, 0.3) is 33.4 Å². The largest absolute Gasteiger partial charge is 0.0622 e. The van der Waals surface area contributed by atoms with Crippen molar-refractivity contribution in [1.82, 2.24) is 0 Å². The second-order valence-electron chi connectivity index (χ2n) is 8.64. The molecule has 0 bridgehead atoms. The van der Waals surface area contributed by atoms with Crippen molar-refractivity contribution >= 4 is 0 Å². The fourth-order valence-corrected chi connectivity index (χ4v) is 5.19. The molecule has 4 aromatic carbocycles. The van der Waals surface area contributed by atoms with Gasteiger partial charge in [-0.05, 0) is 74.2 Å². The highest BCUT2D eigenvalue weighted by atomic mass is 14.4. The van der Waals surface area contributed by atoms with Gasteiger partial charge in [-0.2, -0.15) is 0 Å². The van der Waals surface area contributed by atoms with E-state index in [0.29, 0.717) is 0 Å². The summed E-state index contributed by atoms with van der Waals surface area (Å²) < 4.78 is 0. The Labute approximate surface area is 166 Å². The first-order valence-electron chi connectivity index (χ1n) is 10.1. The van der Waals surface area contributed by atoms with Crippen LogP contribution in [-0.2, 0) is 11.8 Å². The van der Waals surface area contributed by atoms with E-state index in [0.717, 1.165) is 6.42 Å². The lowest BCUT2D eigenvalue weighted by molar-refractivity contribution is 0.659. The van der Waals surface area contributed by atoms with Crippen LogP contribution in [-0.4, -0.2) is 0 Å². The minimum atomic E-state index is 0.0743. The summed E-state index contributed by atoms with van der Waals surface area (Å²) in [4.78, 5) is 0. The first-order chi connectivity index (χ1) is 13.6. The molecule has 0 amide bonds. The van der Waals surface area contributed by atoms with Gasteiger partial charge in [0.25, 0.3) is 0 Å². The van der Waals surface area contributed by atoms with Crippen LogP contribution in [0.15, 0.2) is 84.9 Å². The lowest BCUT2D eigenvalue weighted by atomic mass is 9.81. The Morgan fingerprint density at radius 1 is 0.536 bits per heavy atom. The lowest BCUT2D eigenvalue weighted by Gasteiger charge is -2.22. The fourth-order valence-electron chi connectivity index (χ4n) is 5.19. The van der Waals surface area contributed by atoms with Crippen molar-refractivity contribution in [2.45, 2.75) is 25.7 Å². The highest BCUT2D eigenvalue weighted by Crippen LogP contribution is 2.52. The van der Waals surface area contributed by atoms with Gasteiger partial charge >= 0.3 is 0 Å². The van der Waals surface area contributed by atoms with E-state index >= 15 is 0 Å². The SMILES string of the molecule is CC1(C)c2ccccc2-c2cc3c(cc21)Cc1ccc(-c2ccccc2)cc1-3. The first kappa shape index (κ1) is 15.9. The molecule has 0 spiro atoms. The Morgan fingerprint density at radius 2 is 1.29 bits per heavy atom. The van der Waals surface area contributed by atoms with Gasteiger partial charge in [0.05, 0.1) is 0 Å². The van der Waals surface area contributed by atoms with Crippen molar-refractivity contribution in [2.24, 2.45) is 0 Å². The summed E-state index contributed by atoms with van der Waals surface area (Å²) in [7, 11) is 0. The van der Waals surface area contributed by atoms with Crippen LogP contribution in [0.1, 0.15) is 36.1 Å². The maximum atomic E-state index is 2.48. The van der Waals surface area contributed by atoms with Gasteiger partial charge < -0.3 is 0 Å². The molecule has 0 aliphatic heterocycles. The average molecular weight is 358 g/mol. The van der Waals surface area contributed by atoms with Crippen LogP contribution in [0.5, 0.6) is 0 Å². The van der Waals surface area contributed by atoms with Gasteiger partial charge in [-0.3, -0.25) is 0 Å². The summed E-state index contributed by atoms with van der Waals surface area (Å²) in [6.07, 6.45) is 1.04. The molecule has 0 heterocycles. The molecule has 2 aliphatic rings. The van der Waals surface area contributed by atoms with E-state index in [-0.39, 0.29) is 5.41 Å². The molecule has 0 N–H and O–H groups in total. The van der Waals surface area contributed by atoms with Crippen molar-refractivity contribution in [3.05, 3.63) is 107 Å². The normalized spacial score (nSPS) is 14.9. The first-order valence-corrected chi connectivity index (χ1v) is 10.1. The Hall–Kier alpha value is -3.12. The predicted octanol–water partition coefficient (Wildman–Crippen LogP) is 7.23. The zero-order valence-corrected chi connectivity index (χ0v) is 16.3. The lowest BCUT2D eigenvalue weighted by Crippen LogP contribution is -2.15. The maximum absolute atomic E-state index is 2.48. The summed E-state index contributed by atoms with van der Waals surface area (Å²) in [6.45, 7) is 4.72. The van der Waals surface area contributed by atoms with Gasteiger partial charge in [-0.15, -0.1) is 0 Å². The number of fused-ring (bicyclic) bond motifs is 6. The van der Waals surface area contributed by atoms with Crippen molar-refractivity contribution in [3.63, 3.8) is 0 Å². The van der Waals surface area contributed by atoms with E-state index in [9.17, 15) is 0 Å². The molecule has 0 aromatic heterocycles. The second-order valence-corrected chi connectivity index (χ2v) is 8.64. The van der Waals surface area contributed by atoms with Crippen molar-refractivity contribution < 1.29 is 0 Å². The number of hydrogen-bond donors (Lipinski definition) is 0. The van der Waals surface area contributed by atoms with Gasteiger partial charge in [-0.1, -0.05) is 86.6 Å². The highest BCUT2D eigenvalue weighted by Gasteiger charge is 2.36. The van der Waals surface area contributed by atoms with E-state index in [1.165, 1.54) is 55.6 Å². The molecule has 4 aromatic rings. The third kappa shape index (κ3) is 2.06. The zero-order valence-electron chi connectivity index (χ0n) is 16.3. The predicted molar refractivity (Wildman–Crippen MR) is 118 cm³/mol. The minimum Gasteiger partial charge on any atom is -0.0622 e. The van der Waals surface area contributed by atoms with Gasteiger partial charge in [0.1, 0.15) is 0 Å². The van der Waals surface area contributed by atoms with Crippen LogP contribution < -0.4 is 0 Å². The topological polar surface area (TPSA) is 0 Å². The van der Waals surface area contributed by atoms with Crippen LogP contribution in [0.4, 0.5) is 0 Å². The molecule has 0 atom stereocenters. The Bertz CT molecular complexity index is 1240. The van der Waals surface area contributed by atoms with Crippen LogP contribution >= 0.6 is 0 Å². The molecular weight excluding hydrogens is 336 g/mol. The van der Waals surface area contributed by atoms with Crippen molar-refractivity contribution in [2.75, 3.05) is 0 Å². The Morgan fingerprint density at radius 3 is 2.14 bits per heavy atom. The summed E-state index contributed by atoms with van der Waals surface area (Å²) in [5, 5.41) is 0. The quantitative estimate of drug-likeness (QED) is 0.296. The highest BCUT2D eigenvalue weighted by molar-refractivity contribution is 5.89. The molecule has 6 rings (SSSR count). The molecule has 0 nitrogen and oxygen atoms in total. The summed E-state index contributed by atoms with van der Waals surface area (Å²) >= 11 is 0. The molecule has 134 valence electrons. The van der Waals surface area contributed by atoms with E-state index in [1.54, 1.807) is 0 Å². The van der Waals surface area contributed by atoms with E-state index in [1.807, 2.05) is 0 Å². The van der Waals surface area contributed by atoms with E-state index in [2.05, 4.69) is 98.8 Å². The Balaban J connectivity index is 1.56. The minimum absolute atomic E-state index is 0.0743. The number of hydrogen-bond acceptors (Lipinski definition) is 0. The van der Waals surface area contributed by atoms with Crippen molar-refractivity contribution in [1.29, 1.82) is 0 Å². The summed E-state index contributed by atoms with van der Waals surface area (Å²) in [6, 6.07) is 31.5. The van der Waals surface area contributed by atoms with Crippen LogP contribution in [0.2, 0.25) is 0 Å². The third-order valence-corrected chi connectivity index (χ3v) is 6.70. The van der Waals surface area contributed by atoms with E-state index < -0.39 is 0 Å². The standard InChI is InChI=1S/C28H22/c1-28(2)26-11-7-6-10-22(26)25-17-24-21(16-27(25)28)14-20-13-12-19(15-23(20)24)18-8-4-3-5-9-18/h3-13,15-17H,14H2,1-2H3.